The molecule has 0 spiro atoms. The summed E-state index contributed by atoms with van der Waals surface area (Å²) in [7, 11) is -3.76. The summed E-state index contributed by atoms with van der Waals surface area (Å²) in [5.74, 6) is 0.510. The van der Waals surface area contributed by atoms with Crippen LogP contribution in [0, 0.1) is 5.92 Å². The zero-order valence-corrected chi connectivity index (χ0v) is 14.1. The van der Waals surface area contributed by atoms with Crippen LogP contribution in [0.3, 0.4) is 0 Å². The van der Waals surface area contributed by atoms with Gasteiger partial charge in [-0.25, -0.2) is 0 Å². The van der Waals surface area contributed by atoms with E-state index in [1.54, 1.807) is 19.1 Å². The molecule has 1 N–H and O–H groups in total. The molecule has 1 aliphatic rings. The van der Waals surface area contributed by atoms with Gasteiger partial charge in [0.25, 0.3) is 15.9 Å². The van der Waals surface area contributed by atoms with Crippen molar-refractivity contribution in [2.24, 2.45) is 10.3 Å². The molecule has 1 aromatic carbocycles. The number of nitrogens with one attached hydrogen (secondary N) is 1. The van der Waals surface area contributed by atoms with Gasteiger partial charge in [-0.05, 0) is 38.0 Å². The first kappa shape index (κ1) is 16.5. The van der Waals surface area contributed by atoms with Crippen molar-refractivity contribution in [2.75, 3.05) is 18.0 Å². The van der Waals surface area contributed by atoms with Crippen molar-refractivity contribution in [3.63, 3.8) is 0 Å². The lowest BCUT2D eigenvalue weighted by Crippen LogP contribution is -2.36. The highest BCUT2D eigenvalue weighted by Crippen LogP contribution is 2.33. The van der Waals surface area contributed by atoms with Gasteiger partial charge >= 0.3 is 0 Å². The second-order valence-electron chi connectivity index (χ2n) is 5.66. The highest BCUT2D eigenvalue weighted by Gasteiger charge is 2.30. The number of carbonyl (C=O) groups is 1. The van der Waals surface area contributed by atoms with Gasteiger partial charge in [-0.15, -0.1) is 4.40 Å². The van der Waals surface area contributed by atoms with Gasteiger partial charge in [0, 0.05) is 18.7 Å². The first-order valence-electron chi connectivity index (χ1n) is 7.27. The largest absolute Gasteiger partial charge is 0.352 e. The third-order valence-electron chi connectivity index (χ3n) is 3.32. The minimum Gasteiger partial charge on any atom is -0.352 e. The molecule has 0 aromatic heterocycles. The number of rotatable bonds is 4. The molecule has 1 aliphatic heterocycles. The quantitative estimate of drug-likeness (QED) is 0.919. The second-order valence-corrected chi connectivity index (χ2v) is 7.23. The Balaban J connectivity index is 2.54. The topological polar surface area (TPSA) is 78.8 Å². The van der Waals surface area contributed by atoms with Crippen LogP contribution in [-0.4, -0.2) is 33.3 Å². The summed E-state index contributed by atoms with van der Waals surface area (Å²) in [4.78, 5) is 13.9. The van der Waals surface area contributed by atoms with Crippen molar-refractivity contribution in [1.82, 2.24) is 5.32 Å². The number of benzene rings is 1. The van der Waals surface area contributed by atoms with E-state index < -0.39 is 10.0 Å². The first-order chi connectivity index (χ1) is 10.3. The molecule has 1 aromatic rings. The Bertz CT molecular complexity index is 724. The molecule has 0 aliphatic carbocycles. The molecule has 0 atom stereocenters. The highest BCUT2D eigenvalue weighted by atomic mass is 32.2. The van der Waals surface area contributed by atoms with Gasteiger partial charge < -0.3 is 10.2 Å². The maximum absolute atomic E-state index is 12.3. The van der Waals surface area contributed by atoms with Crippen LogP contribution in [0.15, 0.2) is 27.5 Å². The molecule has 0 unspecified atom stereocenters. The Morgan fingerprint density at radius 1 is 1.36 bits per heavy atom. The van der Waals surface area contributed by atoms with Crippen molar-refractivity contribution in [3.05, 3.63) is 23.8 Å². The van der Waals surface area contributed by atoms with Crippen molar-refractivity contribution < 1.29 is 13.2 Å². The van der Waals surface area contributed by atoms with E-state index in [4.69, 9.17) is 0 Å². The third kappa shape index (κ3) is 3.14. The van der Waals surface area contributed by atoms with Crippen LogP contribution in [0.25, 0.3) is 0 Å². The van der Waals surface area contributed by atoms with Gasteiger partial charge in [0.1, 0.15) is 10.7 Å². The maximum atomic E-state index is 12.3. The van der Waals surface area contributed by atoms with E-state index >= 15 is 0 Å². The number of fused-ring (bicyclic) bond motifs is 1. The predicted octanol–water partition coefficient (Wildman–Crippen LogP) is 2.02. The third-order valence-corrected chi connectivity index (χ3v) is 4.71. The summed E-state index contributed by atoms with van der Waals surface area (Å²) >= 11 is 0. The van der Waals surface area contributed by atoms with E-state index in [0.717, 1.165) is 0 Å². The fraction of sp³-hybridized carbons (Fsp3) is 0.467. The van der Waals surface area contributed by atoms with Crippen LogP contribution in [0.4, 0.5) is 5.69 Å². The normalized spacial score (nSPS) is 16.2. The number of carbonyl (C=O) groups excluding carboxylic acids is 1. The number of hydrogen-bond acceptors (Lipinski definition) is 4. The number of nitrogens with zero attached hydrogens (tertiary/aromatic N) is 2. The molecule has 2 rings (SSSR count). The summed E-state index contributed by atoms with van der Waals surface area (Å²) in [6, 6.07) is 4.72. The van der Waals surface area contributed by atoms with E-state index in [2.05, 4.69) is 23.6 Å². The Hall–Kier alpha value is -1.89. The highest BCUT2D eigenvalue weighted by molar-refractivity contribution is 7.90. The van der Waals surface area contributed by atoms with Crippen LogP contribution >= 0.6 is 0 Å². The Kier molecular flexibility index (Phi) is 4.55. The zero-order valence-electron chi connectivity index (χ0n) is 13.3. The molecule has 7 heteroatoms. The lowest BCUT2D eigenvalue weighted by Gasteiger charge is -2.30. The lowest BCUT2D eigenvalue weighted by atomic mass is 10.1. The van der Waals surface area contributed by atoms with Gasteiger partial charge in [0.15, 0.2) is 0 Å². The monoisotopic (exact) mass is 323 g/mol. The van der Waals surface area contributed by atoms with Crippen molar-refractivity contribution in [2.45, 2.75) is 32.6 Å². The molecule has 1 amide bonds. The zero-order chi connectivity index (χ0) is 16.5. The summed E-state index contributed by atoms with van der Waals surface area (Å²) < 4.78 is 28.4. The summed E-state index contributed by atoms with van der Waals surface area (Å²) in [5, 5.41) is 2.66. The summed E-state index contributed by atoms with van der Waals surface area (Å²) in [6.45, 7) is 8.75. The van der Waals surface area contributed by atoms with Crippen LogP contribution < -0.4 is 10.2 Å². The molecule has 0 saturated carbocycles. The summed E-state index contributed by atoms with van der Waals surface area (Å²) in [6.07, 6.45) is 0. The van der Waals surface area contributed by atoms with Crippen molar-refractivity contribution in [3.8, 4) is 0 Å². The molecular weight excluding hydrogens is 302 g/mol. The van der Waals surface area contributed by atoms with Gasteiger partial charge in [0.05, 0.1) is 5.69 Å². The van der Waals surface area contributed by atoms with Gasteiger partial charge in [-0.3, -0.25) is 4.79 Å². The Labute approximate surface area is 131 Å². The van der Waals surface area contributed by atoms with Crippen molar-refractivity contribution >= 4 is 27.5 Å². The number of amides is 1. The second kappa shape index (κ2) is 6.08. The van der Waals surface area contributed by atoms with E-state index in [1.165, 1.54) is 6.07 Å². The minimum absolute atomic E-state index is 0.0857. The molecule has 22 heavy (non-hydrogen) atoms. The van der Waals surface area contributed by atoms with E-state index in [0.29, 0.717) is 36.1 Å². The average molecular weight is 323 g/mol. The van der Waals surface area contributed by atoms with Crippen molar-refractivity contribution in [1.29, 1.82) is 0 Å². The molecule has 1 heterocycles. The molecule has 120 valence electrons. The smallest absolute Gasteiger partial charge is 0.286 e. The van der Waals surface area contributed by atoms with Crippen LogP contribution in [0.2, 0.25) is 0 Å². The molecule has 6 nitrogen and oxygen atoms in total. The molecule has 0 fully saturated rings. The first-order valence-corrected chi connectivity index (χ1v) is 8.71. The summed E-state index contributed by atoms with van der Waals surface area (Å²) in [5.41, 5.74) is 0.901. The Morgan fingerprint density at radius 3 is 2.64 bits per heavy atom. The fourth-order valence-electron chi connectivity index (χ4n) is 2.39. The SMILES string of the molecule is CCNC(=O)c1ccc2c(c1)S(=O)(=O)N=C(C)N2CC(C)C. The standard InChI is InChI=1S/C15H21N3O3S/c1-5-16-15(19)12-6-7-13-14(8-12)22(20,21)17-11(4)18(13)9-10(2)3/h6-8,10H,5,9H2,1-4H3,(H,16,19). The predicted molar refractivity (Wildman–Crippen MR) is 86.9 cm³/mol. The molecule has 0 radical (unpaired) electrons. The van der Waals surface area contributed by atoms with Crippen LogP contribution in [0.5, 0.6) is 0 Å². The number of anilines is 1. The van der Waals surface area contributed by atoms with Gasteiger partial charge in [-0.1, -0.05) is 13.8 Å². The minimum atomic E-state index is -3.76. The Morgan fingerprint density at radius 2 is 2.05 bits per heavy atom. The number of hydrogen-bond donors (Lipinski definition) is 1. The number of amidine groups is 1. The van der Waals surface area contributed by atoms with E-state index in [1.807, 2.05) is 11.8 Å². The lowest BCUT2D eigenvalue weighted by molar-refractivity contribution is 0.0955. The van der Waals surface area contributed by atoms with Crippen LogP contribution in [-0.2, 0) is 10.0 Å². The molecular formula is C15H21N3O3S. The van der Waals surface area contributed by atoms with Crippen LogP contribution in [0.1, 0.15) is 38.1 Å². The van der Waals surface area contributed by atoms with E-state index in [9.17, 15) is 13.2 Å². The fourth-order valence-corrected chi connectivity index (χ4v) is 3.65. The van der Waals surface area contributed by atoms with E-state index in [-0.39, 0.29) is 10.8 Å². The maximum Gasteiger partial charge on any atom is 0.286 e. The number of sulfonamides is 1. The van der Waals surface area contributed by atoms with Gasteiger partial charge in [0.2, 0.25) is 0 Å². The molecule has 0 bridgehead atoms. The van der Waals surface area contributed by atoms with Gasteiger partial charge in [-0.2, -0.15) is 8.42 Å². The molecule has 0 saturated heterocycles. The average Bonchev–Trinajstić information content (AvgIpc) is 2.42.